The van der Waals surface area contributed by atoms with Crippen molar-refractivity contribution < 1.29 is 33.7 Å². The maximum absolute atomic E-state index is 14.2. The zero-order valence-corrected chi connectivity index (χ0v) is 22.4. The van der Waals surface area contributed by atoms with Crippen molar-refractivity contribution in [1.29, 1.82) is 0 Å². The third-order valence-corrected chi connectivity index (χ3v) is 10.0. The van der Waals surface area contributed by atoms with Crippen LogP contribution in [-0.2, 0) is 28.6 Å². The van der Waals surface area contributed by atoms with E-state index < -0.39 is 59.0 Å². The van der Waals surface area contributed by atoms with E-state index in [9.17, 15) is 19.5 Å². The molecule has 8 heteroatoms. The fourth-order valence-corrected chi connectivity index (χ4v) is 8.72. The number of rotatable bonds is 7. The first-order chi connectivity index (χ1) is 16.9. The number of fused-ring (bicyclic) bond motifs is 3. The van der Waals surface area contributed by atoms with Gasteiger partial charge in [-0.2, -0.15) is 0 Å². The normalized spacial score (nSPS) is 41.8. The Morgan fingerprint density at radius 3 is 2.56 bits per heavy atom. The van der Waals surface area contributed by atoms with E-state index in [4.69, 9.17) is 19.9 Å². The second kappa shape index (κ2) is 9.52. The van der Waals surface area contributed by atoms with Gasteiger partial charge in [-0.1, -0.05) is 40.2 Å². The van der Waals surface area contributed by atoms with Gasteiger partial charge in [0, 0.05) is 31.3 Å². The predicted molar refractivity (Wildman–Crippen MR) is 133 cm³/mol. The van der Waals surface area contributed by atoms with E-state index in [0.717, 1.165) is 19.3 Å². The van der Waals surface area contributed by atoms with E-state index in [1.54, 1.807) is 7.11 Å². The fraction of sp³-hybridized carbons (Fsp3) is 0.821. The molecular weight excluding hydrogens is 462 g/mol. The maximum Gasteiger partial charge on any atom is 0.323 e. The van der Waals surface area contributed by atoms with E-state index in [1.807, 2.05) is 6.92 Å². The first kappa shape index (κ1) is 27.3. The molecule has 1 spiro atoms. The van der Waals surface area contributed by atoms with Crippen molar-refractivity contribution in [2.75, 3.05) is 13.7 Å². The first-order valence-electron chi connectivity index (χ1n) is 13.4. The van der Waals surface area contributed by atoms with Crippen LogP contribution in [-0.4, -0.2) is 60.9 Å². The molecular formula is C28H43NO7. The Labute approximate surface area is 214 Å². The highest BCUT2D eigenvalue weighted by atomic mass is 16.6. The molecule has 202 valence electrons. The lowest BCUT2D eigenvalue weighted by atomic mass is 9.39. The molecule has 4 fully saturated rings. The van der Waals surface area contributed by atoms with E-state index in [1.165, 1.54) is 6.92 Å². The van der Waals surface area contributed by atoms with Crippen LogP contribution in [0.15, 0.2) is 12.2 Å². The fourth-order valence-electron chi connectivity index (χ4n) is 8.72. The molecule has 4 rings (SSSR count). The number of aliphatic hydroxyl groups excluding tert-OH is 1. The summed E-state index contributed by atoms with van der Waals surface area (Å²) in [7, 11) is 1.58. The largest absolute Gasteiger partial charge is 0.465 e. The summed E-state index contributed by atoms with van der Waals surface area (Å²) in [6.45, 7) is 12.0. The molecule has 8 nitrogen and oxygen atoms in total. The molecule has 3 N–H and O–H groups in total. The van der Waals surface area contributed by atoms with E-state index in [2.05, 4.69) is 20.4 Å². The average Bonchev–Trinajstić information content (AvgIpc) is 2.94. The number of nitrogens with two attached hydrogens (primary N) is 1. The zero-order valence-electron chi connectivity index (χ0n) is 22.4. The SMILES string of the molecule is C=C1C(=O)[C@]23[C@H](OC(=O)[C@@H](N)CCC)[C@H]1C[C@H](O)[C@H]2[C@]1(COC(C)=O)CCCC(C)(C)[C@H]1C[C@H]3OC. The Hall–Kier alpha value is -1.77. The molecule has 0 saturated heterocycles. The third-order valence-electron chi connectivity index (χ3n) is 10.0. The van der Waals surface area contributed by atoms with Crippen LogP contribution in [0, 0.1) is 34.0 Å². The molecule has 9 atom stereocenters. The van der Waals surface area contributed by atoms with Gasteiger partial charge in [-0.3, -0.25) is 14.4 Å². The summed E-state index contributed by atoms with van der Waals surface area (Å²) < 4.78 is 17.9. The minimum atomic E-state index is -1.31. The number of Topliss-reactive ketones (excluding diaryl/α,β-unsaturated/α-hetero) is 1. The minimum Gasteiger partial charge on any atom is -0.465 e. The van der Waals surface area contributed by atoms with Gasteiger partial charge >= 0.3 is 11.9 Å². The van der Waals surface area contributed by atoms with Crippen molar-refractivity contribution in [3.63, 3.8) is 0 Å². The van der Waals surface area contributed by atoms with Crippen LogP contribution in [0.25, 0.3) is 0 Å². The van der Waals surface area contributed by atoms with E-state index in [0.29, 0.717) is 24.8 Å². The van der Waals surface area contributed by atoms with Crippen molar-refractivity contribution in [3.05, 3.63) is 12.2 Å². The van der Waals surface area contributed by atoms with Gasteiger partial charge in [0.05, 0.1) is 18.8 Å². The molecule has 0 aliphatic heterocycles. The lowest BCUT2D eigenvalue weighted by Gasteiger charge is -2.67. The summed E-state index contributed by atoms with van der Waals surface area (Å²) in [5.74, 6) is -2.22. The zero-order chi connectivity index (χ0) is 26.6. The third kappa shape index (κ3) is 3.78. The second-order valence-electron chi connectivity index (χ2n) is 12.3. The number of carbonyl (C=O) groups excluding carboxylic acids is 3. The summed E-state index contributed by atoms with van der Waals surface area (Å²) in [5.41, 5.74) is 4.39. The van der Waals surface area contributed by atoms with Gasteiger partial charge in [-0.05, 0) is 49.0 Å². The molecule has 0 radical (unpaired) electrons. The van der Waals surface area contributed by atoms with E-state index in [-0.39, 0.29) is 30.1 Å². The van der Waals surface area contributed by atoms with Gasteiger partial charge in [0.1, 0.15) is 17.6 Å². The monoisotopic (exact) mass is 505 g/mol. The van der Waals surface area contributed by atoms with Crippen LogP contribution < -0.4 is 5.73 Å². The van der Waals surface area contributed by atoms with Gasteiger partial charge in [0.25, 0.3) is 0 Å². The lowest BCUT2D eigenvalue weighted by molar-refractivity contribution is -0.272. The molecule has 0 unspecified atom stereocenters. The molecule has 0 heterocycles. The van der Waals surface area contributed by atoms with E-state index >= 15 is 0 Å². The topological polar surface area (TPSA) is 125 Å². The number of ketones is 1. The van der Waals surface area contributed by atoms with Crippen molar-refractivity contribution in [2.24, 2.45) is 39.7 Å². The summed E-state index contributed by atoms with van der Waals surface area (Å²) in [5, 5.41) is 11.8. The molecule has 0 amide bonds. The Balaban J connectivity index is 1.90. The lowest BCUT2D eigenvalue weighted by Crippen LogP contribution is -2.72. The van der Waals surface area contributed by atoms with Crippen LogP contribution in [0.2, 0.25) is 0 Å². The van der Waals surface area contributed by atoms with Gasteiger partial charge < -0.3 is 25.1 Å². The van der Waals surface area contributed by atoms with Gasteiger partial charge in [-0.15, -0.1) is 0 Å². The predicted octanol–water partition coefficient (Wildman–Crippen LogP) is 2.94. The molecule has 4 aliphatic rings. The van der Waals surface area contributed by atoms with Crippen LogP contribution in [0.3, 0.4) is 0 Å². The summed E-state index contributed by atoms with van der Waals surface area (Å²) in [6.07, 6.45) is 2.29. The number of carbonyl (C=O) groups is 3. The number of aliphatic hydroxyl groups is 1. The smallest absolute Gasteiger partial charge is 0.323 e. The maximum atomic E-state index is 14.2. The van der Waals surface area contributed by atoms with Crippen LogP contribution in [0.1, 0.15) is 72.6 Å². The summed E-state index contributed by atoms with van der Waals surface area (Å²) in [4.78, 5) is 39.4. The summed E-state index contributed by atoms with van der Waals surface area (Å²) >= 11 is 0. The van der Waals surface area contributed by atoms with Crippen molar-refractivity contribution in [2.45, 2.75) is 97.0 Å². The van der Waals surface area contributed by atoms with Gasteiger partial charge in [-0.25, -0.2) is 0 Å². The molecule has 4 aliphatic carbocycles. The Bertz CT molecular complexity index is 931. The second-order valence-corrected chi connectivity index (χ2v) is 12.3. The quantitative estimate of drug-likeness (QED) is 0.400. The Morgan fingerprint density at radius 1 is 1.25 bits per heavy atom. The van der Waals surface area contributed by atoms with Crippen LogP contribution in [0.5, 0.6) is 0 Å². The Morgan fingerprint density at radius 2 is 1.94 bits per heavy atom. The van der Waals surface area contributed by atoms with Crippen LogP contribution >= 0.6 is 0 Å². The first-order valence-corrected chi connectivity index (χ1v) is 13.4. The number of esters is 2. The van der Waals surface area contributed by atoms with Gasteiger partial charge in [0.15, 0.2) is 5.78 Å². The molecule has 4 saturated carbocycles. The van der Waals surface area contributed by atoms with Crippen LogP contribution in [0.4, 0.5) is 0 Å². The van der Waals surface area contributed by atoms with Crippen molar-refractivity contribution in [1.82, 2.24) is 0 Å². The Kier molecular flexibility index (Phi) is 7.21. The number of hydrogen-bond acceptors (Lipinski definition) is 8. The minimum absolute atomic E-state index is 0.0326. The highest BCUT2D eigenvalue weighted by Crippen LogP contribution is 2.72. The average molecular weight is 506 g/mol. The molecule has 36 heavy (non-hydrogen) atoms. The molecule has 2 bridgehead atoms. The molecule has 0 aromatic rings. The summed E-state index contributed by atoms with van der Waals surface area (Å²) in [6, 6.07) is -0.791. The number of ether oxygens (including phenoxy) is 3. The van der Waals surface area contributed by atoms with Crippen molar-refractivity contribution >= 4 is 17.7 Å². The molecule has 0 aromatic heterocycles. The molecule has 0 aromatic carbocycles. The highest BCUT2D eigenvalue weighted by molar-refractivity contribution is 6.05. The number of hydrogen-bond donors (Lipinski definition) is 2. The van der Waals surface area contributed by atoms with Gasteiger partial charge in [0.2, 0.25) is 0 Å². The highest BCUT2D eigenvalue weighted by Gasteiger charge is 2.78. The standard InChI is InChI=1S/C28H43NO7/c1-7-9-18(29)25(33)36-24-17-12-19(31)22-27(14-35-16(3)30)11-8-10-26(4,5)20(27)13-21(34-6)28(22,24)23(32)15(17)2/h17-22,24,31H,2,7-14,29H2,1,3-6H3/t17-,18-,19-,20+,21+,22-,24+,27-,28+/m0/s1. The van der Waals surface area contributed by atoms with Crippen molar-refractivity contribution in [3.8, 4) is 0 Å². The number of methoxy groups -OCH3 is 1.